The molecule has 0 saturated carbocycles. The fourth-order valence-corrected chi connectivity index (χ4v) is 13.1. The lowest BCUT2D eigenvalue weighted by molar-refractivity contribution is -0.150. The minimum atomic E-state index is -2.66. The van der Waals surface area contributed by atoms with Crippen molar-refractivity contribution in [3.8, 4) is 0 Å². The Morgan fingerprint density at radius 2 is 0.875 bits per heavy atom. The largest absolute Gasteiger partial charge is 0.481 e. The maximum Gasteiger partial charge on any atom is 0.306 e. The summed E-state index contributed by atoms with van der Waals surface area (Å²) in [6, 6.07) is 21.9. The van der Waals surface area contributed by atoms with Crippen LogP contribution in [0.25, 0.3) is 0 Å². The van der Waals surface area contributed by atoms with Crippen LogP contribution in [0.3, 0.4) is 0 Å². The van der Waals surface area contributed by atoms with Crippen molar-refractivity contribution in [1.82, 2.24) is 0 Å². The molecule has 2 aromatic carbocycles. The molecule has 1 N–H and O–H groups in total. The molecule has 6 heteroatoms. The standard InChI is InChI=1S/C50H84O5Si/c1-6-8-10-12-16-24-34-44(35-25-17-13-11-9-7-2)54-49(53)43-33-21-15-19-27-37-45(36-26-18-14-20-32-42-48(51)52)55-56(50(3,4)5,46-38-28-22-29-39-46)47-40-30-23-31-41-47/h22-23,28-31,38-41,44-45H,6-21,24-27,32-37,42-43H2,1-5H3,(H,51,52). The number of carboxylic acid groups (broad SMARTS) is 1. The van der Waals surface area contributed by atoms with Crippen molar-refractivity contribution >= 4 is 30.6 Å². The molecule has 0 heterocycles. The van der Waals surface area contributed by atoms with Gasteiger partial charge in [-0.25, -0.2) is 0 Å². The smallest absolute Gasteiger partial charge is 0.306 e. The molecule has 56 heavy (non-hydrogen) atoms. The van der Waals surface area contributed by atoms with E-state index in [4.69, 9.17) is 14.3 Å². The van der Waals surface area contributed by atoms with Gasteiger partial charge in [-0.15, -0.1) is 0 Å². The molecule has 0 radical (unpaired) electrons. The molecule has 5 nitrogen and oxygen atoms in total. The van der Waals surface area contributed by atoms with Crippen molar-refractivity contribution in [3.63, 3.8) is 0 Å². The van der Waals surface area contributed by atoms with Gasteiger partial charge in [-0.3, -0.25) is 9.59 Å². The Morgan fingerprint density at radius 3 is 1.27 bits per heavy atom. The lowest BCUT2D eigenvalue weighted by Crippen LogP contribution is -2.67. The SMILES string of the molecule is CCCCCCCCC(CCCCCCCC)OC(=O)CCCCCCCC(CCCCCCCC(=O)O)O[Si](c1ccccc1)(c1ccccc1)C(C)(C)C. The van der Waals surface area contributed by atoms with Gasteiger partial charge >= 0.3 is 11.9 Å². The van der Waals surface area contributed by atoms with Crippen LogP contribution >= 0.6 is 0 Å². The molecular formula is C50H84O5Si. The van der Waals surface area contributed by atoms with Crippen LogP contribution in [-0.4, -0.2) is 37.6 Å². The number of esters is 1. The molecule has 0 fully saturated rings. The average Bonchev–Trinajstić information content (AvgIpc) is 3.18. The second kappa shape index (κ2) is 30.6. The zero-order valence-electron chi connectivity index (χ0n) is 36.8. The number of hydrogen-bond acceptors (Lipinski definition) is 4. The van der Waals surface area contributed by atoms with Crippen LogP contribution < -0.4 is 10.4 Å². The Balaban J connectivity index is 1.95. The summed E-state index contributed by atoms with van der Waals surface area (Å²) in [5.41, 5.74) is 0. The quantitative estimate of drug-likeness (QED) is 0.0427. The number of carbonyl (C=O) groups excluding carboxylic acids is 1. The number of unbranched alkanes of at least 4 members (excludes halogenated alkanes) is 18. The molecule has 0 aromatic heterocycles. The van der Waals surface area contributed by atoms with E-state index in [1.54, 1.807) is 0 Å². The van der Waals surface area contributed by atoms with Crippen molar-refractivity contribution in [1.29, 1.82) is 0 Å². The van der Waals surface area contributed by atoms with E-state index in [1.807, 2.05) is 0 Å². The summed E-state index contributed by atoms with van der Waals surface area (Å²) in [7, 11) is -2.66. The number of carboxylic acids is 1. The molecule has 0 aliphatic carbocycles. The van der Waals surface area contributed by atoms with Crippen molar-refractivity contribution < 1.29 is 23.9 Å². The predicted octanol–water partition coefficient (Wildman–Crippen LogP) is 13.9. The normalized spacial score (nSPS) is 12.6. The van der Waals surface area contributed by atoms with Gasteiger partial charge in [0.25, 0.3) is 8.32 Å². The molecule has 318 valence electrons. The first-order valence-electron chi connectivity index (χ1n) is 23.3. The summed E-state index contributed by atoms with van der Waals surface area (Å²) in [5.74, 6) is -0.691. The van der Waals surface area contributed by atoms with Gasteiger partial charge in [0.05, 0.1) is 0 Å². The predicted molar refractivity (Wildman–Crippen MR) is 241 cm³/mol. The van der Waals surface area contributed by atoms with E-state index in [9.17, 15) is 9.59 Å². The molecule has 1 unspecified atom stereocenters. The molecule has 0 bridgehead atoms. The Labute approximate surface area is 345 Å². The van der Waals surface area contributed by atoms with Crippen molar-refractivity contribution in [2.75, 3.05) is 0 Å². The number of benzene rings is 2. The van der Waals surface area contributed by atoms with Gasteiger partial charge in [0.15, 0.2) is 0 Å². The molecule has 0 aliphatic rings. The van der Waals surface area contributed by atoms with Crippen molar-refractivity contribution in [2.45, 2.75) is 232 Å². The van der Waals surface area contributed by atoms with E-state index in [2.05, 4.69) is 95.3 Å². The minimum Gasteiger partial charge on any atom is -0.481 e. The Kier molecular flexibility index (Phi) is 27.2. The maximum absolute atomic E-state index is 13.0. The molecule has 0 spiro atoms. The fourth-order valence-electron chi connectivity index (χ4n) is 8.37. The summed E-state index contributed by atoms with van der Waals surface area (Å²) < 4.78 is 13.7. The van der Waals surface area contributed by atoms with E-state index in [1.165, 1.54) is 87.4 Å². The van der Waals surface area contributed by atoms with Gasteiger partial charge in [0, 0.05) is 18.9 Å². The average molecular weight is 793 g/mol. The second-order valence-corrected chi connectivity index (χ2v) is 21.9. The van der Waals surface area contributed by atoms with Crippen LogP contribution in [-0.2, 0) is 18.8 Å². The summed E-state index contributed by atoms with van der Waals surface area (Å²) in [5, 5.41) is 11.6. The second-order valence-electron chi connectivity index (χ2n) is 17.6. The Hall–Kier alpha value is -2.44. The minimum absolute atomic E-state index is 0.00805. The molecule has 0 amide bonds. The van der Waals surface area contributed by atoms with Gasteiger partial charge in [0.2, 0.25) is 0 Å². The van der Waals surface area contributed by atoms with Crippen LogP contribution in [0.2, 0.25) is 5.04 Å². The molecule has 2 aromatic rings. The van der Waals surface area contributed by atoms with Crippen molar-refractivity contribution in [2.24, 2.45) is 0 Å². The molecule has 2 rings (SSSR count). The van der Waals surface area contributed by atoms with Gasteiger partial charge in [-0.2, -0.15) is 0 Å². The zero-order chi connectivity index (χ0) is 40.7. The fraction of sp³-hybridized carbons (Fsp3) is 0.720. The number of hydrogen-bond donors (Lipinski definition) is 1. The third kappa shape index (κ3) is 20.8. The number of aliphatic carboxylic acids is 1. The monoisotopic (exact) mass is 793 g/mol. The Morgan fingerprint density at radius 1 is 0.518 bits per heavy atom. The highest BCUT2D eigenvalue weighted by Gasteiger charge is 2.51. The highest BCUT2D eigenvalue weighted by atomic mass is 28.4. The van der Waals surface area contributed by atoms with Crippen LogP contribution in [0.15, 0.2) is 60.7 Å². The molecular weight excluding hydrogens is 709 g/mol. The van der Waals surface area contributed by atoms with Gasteiger partial charge in [0.1, 0.15) is 6.10 Å². The van der Waals surface area contributed by atoms with Crippen molar-refractivity contribution in [3.05, 3.63) is 60.7 Å². The summed E-state index contributed by atoms with van der Waals surface area (Å²) in [4.78, 5) is 23.9. The van der Waals surface area contributed by atoms with E-state index < -0.39 is 14.3 Å². The first-order chi connectivity index (χ1) is 27.1. The summed E-state index contributed by atoms with van der Waals surface area (Å²) in [6.45, 7) is 11.6. The third-order valence-electron chi connectivity index (χ3n) is 11.6. The van der Waals surface area contributed by atoms with Crippen LogP contribution in [0.1, 0.15) is 214 Å². The first-order valence-corrected chi connectivity index (χ1v) is 25.2. The van der Waals surface area contributed by atoms with E-state index >= 15 is 0 Å². The number of rotatable bonds is 35. The number of carbonyl (C=O) groups is 2. The van der Waals surface area contributed by atoms with Crippen LogP contribution in [0, 0.1) is 0 Å². The van der Waals surface area contributed by atoms with Crippen LogP contribution in [0.5, 0.6) is 0 Å². The Bertz CT molecular complexity index is 1190. The summed E-state index contributed by atoms with van der Waals surface area (Å²) in [6.07, 6.45) is 30.8. The van der Waals surface area contributed by atoms with Gasteiger partial charge in [-0.1, -0.05) is 211 Å². The molecule has 0 aliphatic heterocycles. The number of ether oxygens (including phenoxy) is 1. The zero-order valence-corrected chi connectivity index (χ0v) is 37.8. The van der Waals surface area contributed by atoms with Gasteiger partial charge < -0.3 is 14.3 Å². The highest BCUT2D eigenvalue weighted by Crippen LogP contribution is 2.38. The lowest BCUT2D eigenvalue weighted by atomic mass is 10.0. The highest BCUT2D eigenvalue weighted by molar-refractivity contribution is 6.99. The lowest BCUT2D eigenvalue weighted by Gasteiger charge is -2.45. The molecule has 0 saturated heterocycles. The van der Waals surface area contributed by atoms with Crippen LogP contribution in [0.4, 0.5) is 0 Å². The molecule has 1 atom stereocenters. The summed E-state index contributed by atoms with van der Waals surface area (Å²) >= 11 is 0. The maximum atomic E-state index is 13.0. The van der Waals surface area contributed by atoms with E-state index in [-0.39, 0.29) is 29.6 Å². The first kappa shape index (κ1) is 49.7. The topological polar surface area (TPSA) is 72.8 Å². The third-order valence-corrected chi connectivity index (χ3v) is 16.7. The van der Waals surface area contributed by atoms with Gasteiger partial charge in [-0.05, 0) is 66.8 Å². The van der Waals surface area contributed by atoms with E-state index in [0.29, 0.717) is 6.42 Å². The van der Waals surface area contributed by atoms with E-state index in [0.717, 1.165) is 89.9 Å².